The van der Waals surface area contributed by atoms with Crippen LogP contribution in [0.3, 0.4) is 0 Å². The Hall–Kier alpha value is -3.99. The van der Waals surface area contributed by atoms with Gasteiger partial charge in [-0.1, -0.05) is 60.7 Å². The monoisotopic (exact) mass is 580 g/mol. The fourth-order valence-corrected chi connectivity index (χ4v) is 5.50. The van der Waals surface area contributed by atoms with Gasteiger partial charge in [0.15, 0.2) is 0 Å². The van der Waals surface area contributed by atoms with Crippen LogP contribution in [0.25, 0.3) is 11.1 Å². The Balaban J connectivity index is 1.23. The van der Waals surface area contributed by atoms with Crippen molar-refractivity contribution >= 4 is 30.3 Å². The average Bonchev–Trinajstić information content (AvgIpc) is 3.24. The molecule has 1 heterocycles. The van der Waals surface area contributed by atoms with Crippen molar-refractivity contribution in [3.05, 3.63) is 83.4 Å². The van der Waals surface area contributed by atoms with Gasteiger partial charge >= 0.3 is 19.2 Å². The third-order valence-electron chi connectivity index (χ3n) is 7.41. The molecule has 1 saturated heterocycles. The lowest BCUT2D eigenvalue weighted by molar-refractivity contribution is 0.0139. The zero-order chi connectivity index (χ0) is 30.1. The number of anilines is 1. The van der Waals surface area contributed by atoms with Crippen LogP contribution in [0.4, 0.5) is 28.2 Å². The molecular formula is C31H34BF3N3O4-. The molecule has 0 unspecified atom stereocenters. The van der Waals surface area contributed by atoms with Gasteiger partial charge in [0.1, 0.15) is 12.2 Å². The first-order chi connectivity index (χ1) is 19.9. The Morgan fingerprint density at radius 2 is 1.50 bits per heavy atom. The third-order valence-corrected chi connectivity index (χ3v) is 7.41. The Kier molecular flexibility index (Phi) is 8.23. The molecular weight excluding hydrogens is 546 g/mol. The van der Waals surface area contributed by atoms with Crippen LogP contribution in [0.2, 0.25) is 0 Å². The SMILES string of the molecule is CC(C)(C)OC(=O)N1CCN(Cc2cc(NC(=O)OCC3c4ccccc4-c4ccccc43)cc([B-](F)(F)F)c2)CC1. The Morgan fingerprint density at radius 1 is 0.905 bits per heavy atom. The maximum Gasteiger partial charge on any atom is 0.509 e. The van der Waals surface area contributed by atoms with E-state index >= 15 is 0 Å². The number of rotatable bonds is 6. The predicted molar refractivity (Wildman–Crippen MR) is 157 cm³/mol. The number of piperazine rings is 1. The minimum atomic E-state index is -5.30. The molecule has 2 aliphatic rings. The van der Waals surface area contributed by atoms with Gasteiger partial charge in [-0.2, -0.15) is 0 Å². The van der Waals surface area contributed by atoms with Gasteiger partial charge in [-0.15, -0.1) is 5.46 Å². The topological polar surface area (TPSA) is 71.1 Å². The maximum absolute atomic E-state index is 13.8. The molecule has 1 N–H and O–H groups in total. The minimum absolute atomic E-state index is 0.0197. The molecule has 0 aromatic heterocycles. The van der Waals surface area contributed by atoms with Crippen LogP contribution < -0.4 is 10.8 Å². The third kappa shape index (κ3) is 6.90. The quantitative estimate of drug-likeness (QED) is 0.354. The van der Waals surface area contributed by atoms with Crippen molar-refractivity contribution in [1.82, 2.24) is 9.80 Å². The molecule has 1 aliphatic heterocycles. The minimum Gasteiger partial charge on any atom is -0.448 e. The molecule has 42 heavy (non-hydrogen) atoms. The van der Waals surface area contributed by atoms with Crippen molar-refractivity contribution in [3.8, 4) is 11.1 Å². The maximum atomic E-state index is 13.8. The summed E-state index contributed by atoms with van der Waals surface area (Å²) in [4.78, 5) is 28.7. The van der Waals surface area contributed by atoms with Gasteiger partial charge in [0, 0.05) is 44.3 Å². The summed E-state index contributed by atoms with van der Waals surface area (Å²) in [5.41, 5.74) is 3.28. The normalized spacial score (nSPS) is 15.6. The first-order valence-electron chi connectivity index (χ1n) is 14.0. The lowest BCUT2D eigenvalue weighted by Gasteiger charge is -2.35. The highest BCUT2D eigenvalue weighted by atomic mass is 19.4. The first-order valence-corrected chi connectivity index (χ1v) is 14.0. The molecule has 3 aromatic rings. The second-order valence-electron chi connectivity index (χ2n) is 11.7. The number of hydrogen-bond donors (Lipinski definition) is 1. The van der Waals surface area contributed by atoms with Crippen LogP contribution in [0.5, 0.6) is 0 Å². The van der Waals surface area contributed by atoms with Gasteiger partial charge in [0.25, 0.3) is 0 Å². The summed E-state index contributed by atoms with van der Waals surface area (Å²) in [6, 6.07) is 19.4. The second kappa shape index (κ2) is 11.7. The molecule has 3 aromatic carbocycles. The summed E-state index contributed by atoms with van der Waals surface area (Å²) in [5, 5.41) is 2.51. The number of nitrogens with zero attached hydrogens (tertiary/aromatic N) is 2. The number of benzene rings is 3. The molecule has 11 heteroatoms. The predicted octanol–water partition coefficient (Wildman–Crippen LogP) is 6.15. The summed E-state index contributed by atoms with van der Waals surface area (Å²) in [6.45, 7) is 2.15. The number of carbonyl (C=O) groups excluding carboxylic acids is 2. The lowest BCUT2D eigenvalue weighted by Crippen LogP contribution is -2.49. The van der Waals surface area contributed by atoms with Crippen LogP contribution in [0.15, 0.2) is 66.7 Å². The standard InChI is InChI=1S/C31H34BF3N3O4/c1-31(2,3)42-30(40)38-14-12-37(13-15-38)19-21-16-22(32(33,34)35)18-23(17-21)36-29(39)41-20-28-26-10-6-4-8-24(26)25-9-5-7-11-27(25)28/h4-11,16-18,28H,12-15,19-20H2,1-3H3,(H,36,39)/q-1. The van der Waals surface area contributed by atoms with E-state index in [1.807, 2.05) is 53.4 Å². The van der Waals surface area contributed by atoms with E-state index in [-0.39, 0.29) is 24.8 Å². The highest BCUT2D eigenvalue weighted by molar-refractivity contribution is 6.73. The first kappa shape index (κ1) is 29.5. The fraction of sp³-hybridized carbons (Fsp3) is 0.355. The van der Waals surface area contributed by atoms with Crippen molar-refractivity contribution in [2.24, 2.45) is 0 Å². The number of halogens is 3. The van der Waals surface area contributed by atoms with E-state index in [0.717, 1.165) is 34.4 Å². The molecule has 222 valence electrons. The highest BCUT2D eigenvalue weighted by Crippen LogP contribution is 2.44. The van der Waals surface area contributed by atoms with Crippen molar-refractivity contribution in [3.63, 3.8) is 0 Å². The number of carbonyl (C=O) groups is 2. The van der Waals surface area contributed by atoms with Crippen molar-refractivity contribution in [2.75, 3.05) is 38.1 Å². The number of amides is 2. The van der Waals surface area contributed by atoms with E-state index in [1.165, 1.54) is 6.07 Å². The van der Waals surface area contributed by atoms with E-state index in [9.17, 15) is 22.5 Å². The molecule has 0 radical (unpaired) electrons. The summed E-state index contributed by atoms with van der Waals surface area (Å²) < 4.78 is 52.4. The van der Waals surface area contributed by atoms with Crippen molar-refractivity contribution in [2.45, 2.75) is 38.8 Å². The molecule has 0 atom stereocenters. The molecule has 7 nitrogen and oxygen atoms in total. The summed E-state index contributed by atoms with van der Waals surface area (Å²) in [5.74, 6) is -0.164. The summed E-state index contributed by atoms with van der Waals surface area (Å²) >= 11 is 0. The van der Waals surface area contributed by atoms with Crippen molar-refractivity contribution < 1.29 is 32.0 Å². The zero-order valence-corrected chi connectivity index (χ0v) is 23.9. The van der Waals surface area contributed by atoms with Crippen LogP contribution in [0, 0.1) is 0 Å². The number of ether oxygens (including phenoxy) is 2. The molecule has 1 aliphatic carbocycles. The fourth-order valence-electron chi connectivity index (χ4n) is 5.50. The van der Waals surface area contributed by atoms with Crippen molar-refractivity contribution in [1.29, 1.82) is 0 Å². The Labute approximate surface area is 243 Å². The molecule has 5 rings (SSSR count). The van der Waals surface area contributed by atoms with Crippen LogP contribution in [0.1, 0.15) is 43.4 Å². The van der Waals surface area contributed by atoms with E-state index in [2.05, 4.69) is 5.32 Å². The van der Waals surface area contributed by atoms with E-state index in [1.54, 1.807) is 25.7 Å². The van der Waals surface area contributed by atoms with Gasteiger partial charge in [-0.3, -0.25) is 10.2 Å². The van der Waals surface area contributed by atoms with Gasteiger partial charge in [0.2, 0.25) is 0 Å². The zero-order valence-electron chi connectivity index (χ0n) is 23.9. The Morgan fingerprint density at radius 3 is 2.07 bits per heavy atom. The van der Waals surface area contributed by atoms with Gasteiger partial charge in [0.05, 0.1) is 0 Å². The lowest BCUT2D eigenvalue weighted by atomic mass is 9.79. The molecule has 1 fully saturated rings. The van der Waals surface area contributed by atoms with Crippen LogP contribution >= 0.6 is 0 Å². The Bertz CT molecular complexity index is 1420. The molecule has 0 spiro atoms. The number of nitrogens with one attached hydrogen (secondary N) is 1. The molecule has 0 saturated carbocycles. The van der Waals surface area contributed by atoms with E-state index < -0.39 is 30.2 Å². The number of fused-ring (bicyclic) bond motifs is 3. The van der Waals surface area contributed by atoms with Gasteiger partial charge in [-0.25, -0.2) is 9.59 Å². The summed E-state index contributed by atoms with van der Waals surface area (Å²) in [7, 11) is 0. The second-order valence-corrected chi connectivity index (χ2v) is 11.7. The molecule has 2 amide bonds. The molecule has 0 bridgehead atoms. The van der Waals surface area contributed by atoms with Gasteiger partial charge in [-0.05, 0) is 54.7 Å². The van der Waals surface area contributed by atoms with Crippen LogP contribution in [-0.4, -0.2) is 67.4 Å². The van der Waals surface area contributed by atoms with Crippen LogP contribution in [-0.2, 0) is 16.0 Å². The average molecular weight is 580 g/mol. The van der Waals surface area contributed by atoms with E-state index in [4.69, 9.17) is 9.47 Å². The highest BCUT2D eigenvalue weighted by Gasteiger charge is 2.30. The summed E-state index contributed by atoms with van der Waals surface area (Å²) in [6.07, 6.45) is -1.22. The van der Waals surface area contributed by atoms with E-state index in [0.29, 0.717) is 31.7 Å². The van der Waals surface area contributed by atoms with Gasteiger partial charge < -0.3 is 27.3 Å². The largest absolute Gasteiger partial charge is 0.509 e. The number of hydrogen-bond acceptors (Lipinski definition) is 5. The smallest absolute Gasteiger partial charge is 0.448 e.